The molecule has 5 heterocycles. The van der Waals surface area contributed by atoms with Crippen LogP contribution in [0.3, 0.4) is 0 Å². The number of piperidine rings is 3. The summed E-state index contributed by atoms with van der Waals surface area (Å²) < 4.78 is 2.37. The van der Waals surface area contributed by atoms with Crippen LogP contribution in [0.2, 0.25) is 0 Å². The van der Waals surface area contributed by atoms with Crippen LogP contribution in [-0.2, 0) is 13.1 Å². The van der Waals surface area contributed by atoms with Crippen molar-refractivity contribution in [2.45, 2.75) is 57.8 Å². The second-order valence-corrected chi connectivity index (χ2v) is 9.23. The number of fused-ring (bicyclic) bond motifs is 2. The Morgan fingerprint density at radius 2 is 1.85 bits per heavy atom. The van der Waals surface area contributed by atoms with Crippen LogP contribution in [0, 0.1) is 11.8 Å². The van der Waals surface area contributed by atoms with Crippen LogP contribution in [0.1, 0.15) is 43.9 Å². The number of likely N-dealkylation sites (tertiary alicyclic amines) is 1. The van der Waals surface area contributed by atoms with E-state index in [2.05, 4.69) is 69.7 Å². The first-order chi connectivity index (χ1) is 13.2. The normalized spacial score (nSPS) is 32.9. The summed E-state index contributed by atoms with van der Waals surface area (Å²) in [5, 5.41) is 0. The molecule has 2 aromatic rings. The van der Waals surface area contributed by atoms with Crippen LogP contribution in [0.15, 0.2) is 42.9 Å². The molecular weight excluding hydrogens is 332 g/mol. The molecule has 144 valence electrons. The highest BCUT2D eigenvalue weighted by atomic mass is 15.3. The molecule has 6 rings (SSSR count). The Labute approximate surface area is 163 Å². The van der Waals surface area contributed by atoms with Crippen LogP contribution in [-0.4, -0.2) is 51.1 Å². The number of benzene rings is 1. The van der Waals surface area contributed by atoms with E-state index in [-0.39, 0.29) is 0 Å². The van der Waals surface area contributed by atoms with E-state index in [1.807, 2.05) is 6.33 Å². The van der Waals surface area contributed by atoms with Gasteiger partial charge in [0, 0.05) is 43.8 Å². The average molecular weight is 365 g/mol. The SMILES string of the molecule is CC(C)Cn1cncc1CN1C[C@@H](c2ccccc2)[C@@H]2[C@H]1C1CCN2CC1. The third-order valence-corrected chi connectivity index (χ3v) is 7.05. The monoisotopic (exact) mass is 364 g/mol. The molecule has 4 saturated heterocycles. The molecule has 4 aliphatic rings. The van der Waals surface area contributed by atoms with Gasteiger partial charge >= 0.3 is 0 Å². The van der Waals surface area contributed by atoms with E-state index in [0.717, 1.165) is 19.0 Å². The fourth-order valence-corrected chi connectivity index (χ4v) is 5.96. The number of hydrogen-bond acceptors (Lipinski definition) is 3. The van der Waals surface area contributed by atoms with Crippen molar-refractivity contribution in [3.8, 4) is 0 Å². The first-order valence-electron chi connectivity index (χ1n) is 10.7. The molecule has 4 fully saturated rings. The van der Waals surface area contributed by atoms with Crippen LogP contribution in [0.5, 0.6) is 0 Å². The van der Waals surface area contributed by atoms with Crippen LogP contribution < -0.4 is 0 Å². The zero-order valence-corrected chi connectivity index (χ0v) is 16.7. The first kappa shape index (κ1) is 17.4. The van der Waals surface area contributed by atoms with E-state index < -0.39 is 0 Å². The molecular formula is C23H32N4. The third kappa shape index (κ3) is 3.13. The van der Waals surface area contributed by atoms with E-state index in [0.29, 0.717) is 23.9 Å². The summed E-state index contributed by atoms with van der Waals surface area (Å²) in [6.45, 7) is 10.5. The van der Waals surface area contributed by atoms with E-state index in [1.54, 1.807) is 0 Å². The van der Waals surface area contributed by atoms with Gasteiger partial charge in [-0.1, -0.05) is 44.2 Å². The molecule has 0 spiro atoms. The lowest BCUT2D eigenvalue weighted by molar-refractivity contribution is -0.00924. The Bertz CT molecular complexity index is 760. The molecule has 0 unspecified atom stereocenters. The highest BCUT2D eigenvalue weighted by Crippen LogP contribution is 2.46. The van der Waals surface area contributed by atoms with Crippen molar-refractivity contribution in [2.75, 3.05) is 19.6 Å². The van der Waals surface area contributed by atoms with Crippen molar-refractivity contribution in [1.29, 1.82) is 0 Å². The second-order valence-electron chi connectivity index (χ2n) is 9.23. The van der Waals surface area contributed by atoms with Crippen molar-refractivity contribution in [3.05, 3.63) is 54.1 Å². The Hall–Kier alpha value is -1.65. The summed E-state index contributed by atoms with van der Waals surface area (Å²) in [6.07, 6.45) is 6.87. The second kappa shape index (κ2) is 7.06. The van der Waals surface area contributed by atoms with Gasteiger partial charge in [-0.15, -0.1) is 0 Å². The highest BCUT2D eigenvalue weighted by Gasteiger charge is 2.53. The third-order valence-electron chi connectivity index (χ3n) is 7.05. The van der Waals surface area contributed by atoms with Gasteiger partial charge in [0.1, 0.15) is 0 Å². The molecule has 0 aliphatic carbocycles. The molecule has 2 bridgehead atoms. The number of nitrogens with zero attached hydrogens (tertiary/aromatic N) is 4. The summed E-state index contributed by atoms with van der Waals surface area (Å²) in [6, 6.07) is 12.7. The van der Waals surface area contributed by atoms with E-state index in [1.165, 1.54) is 43.7 Å². The van der Waals surface area contributed by atoms with Gasteiger partial charge in [0.2, 0.25) is 0 Å². The number of rotatable bonds is 5. The minimum absolute atomic E-state index is 0.640. The van der Waals surface area contributed by atoms with Gasteiger partial charge in [0.15, 0.2) is 0 Å². The lowest BCUT2D eigenvalue weighted by Crippen LogP contribution is -2.60. The first-order valence-corrected chi connectivity index (χ1v) is 10.7. The molecule has 1 aromatic heterocycles. The van der Waals surface area contributed by atoms with Gasteiger partial charge in [-0.25, -0.2) is 4.98 Å². The molecule has 27 heavy (non-hydrogen) atoms. The molecule has 3 atom stereocenters. The van der Waals surface area contributed by atoms with Gasteiger partial charge in [-0.2, -0.15) is 0 Å². The lowest BCUT2D eigenvalue weighted by atomic mass is 9.75. The average Bonchev–Trinajstić information content (AvgIpc) is 3.29. The predicted molar refractivity (Wildman–Crippen MR) is 109 cm³/mol. The fraction of sp³-hybridized carbons (Fsp3) is 0.609. The van der Waals surface area contributed by atoms with Gasteiger partial charge in [-0.3, -0.25) is 9.80 Å². The quantitative estimate of drug-likeness (QED) is 0.810. The number of hydrogen-bond donors (Lipinski definition) is 0. The van der Waals surface area contributed by atoms with Crippen molar-refractivity contribution in [2.24, 2.45) is 11.8 Å². The molecule has 1 aromatic carbocycles. The van der Waals surface area contributed by atoms with E-state index >= 15 is 0 Å². The minimum Gasteiger partial charge on any atom is -0.333 e. The predicted octanol–water partition coefficient (Wildman–Crippen LogP) is 3.60. The summed E-state index contributed by atoms with van der Waals surface area (Å²) in [5.41, 5.74) is 2.91. The summed E-state index contributed by atoms with van der Waals surface area (Å²) in [5.74, 6) is 2.16. The zero-order valence-electron chi connectivity index (χ0n) is 16.7. The highest BCUT2D eigenvalue weighted by molar-refractivity contribution is 5.27. The summed E-state index contributed by atoms with van der Waals surface area (Å²) >= 11 is 0. The molecule has 0 saturated carbocycles. The zero-order chi connectivity index (χ0) is 18.4. The molecule has 0 amide bonds. The topological polar surface area (TPSA) is 24.3 Å². The summed E-state index contributed by atoms with van der Waals surface area (Å²) in [4.78, 5) is 10.1. The van der Waals surface area contributed by atoms with Crippen molar-refractivity contribution < 1.29 is 0 Å². The standard InChI is InChI=1S/C23H32N4/c1-17(2)13-27-16-24-12-20(27)14-26-15-21(18-6-4-3-5-7-18)23-22(26)19-8-10-25(23)11-9-19/h3-7,12,16-17,19,21-23H,8-11,13-15H2,1-2H3/t21-,22+,23+/m0/s1. The van der Waals surface area contributed by atoms with E-state index in [9.17, 15) is 0 Å². The maximum atomic E-state index is 4.47. The Morgan fingerprint density at radius 1 is 1.07 bits per heavy atom. The van der Waals surface area contributed by atoms with Crippen LogP contribution in [0.4, 0.5) is 0 Å². The smallest absolute Gasteiger partial charge is 0.0948 e. The van der Waals surface area contributed by atoms with Crippen LogP contribution in [0.25, 0.3) is 0 Å². The molecule has 0 N–H and O–H groups in total. The van der Waals surface area contributed by atoms with Gasteiger partial charge < -0.3 is 4.57 Å². The Balaban J connectivity index is 1.44. The van der Waals surface area contributed by atoms with Gasteiger partial charge in [0.05, 0.1) is 12.0 Å². The maximum absolute atomic E-state index is 4.47. The Kier molecular flexibility index (Phi) is 4.57. The van der Waals surface area contributed by atoms with Crippen molar-refractivity contribution >= 4 is 0 Å². The van der Waals surface area contributed by atoms with Crippen LogP contribution >= 0.6 is 0 Å². The van der Waals surface area contributed by atoms with Gasteiger partial charge in [0.25, 0.3) is 0 Å². The summed E-state index contributed by atoms with van der Waals surface area (Å²) in [7, 11) is 0. The Morgan fingerprint density at radius 3 is 2.59 bits per heavy atom. The van der Waals surface area contributed by atoms with Crippen molar-refractivity contribution in [3.63, 3.8) is 0 Å². The van der Waals surface area contributed by atoms with Crippen molar-refractivity contribution in [1.82, 2.24) is 19.4 Å². The molecule has 4 aliphatic heterocycles. The van der Waals surface area contributed by atoms with E-state index in [4.69, 9.17) is 0 Å². The number of aromatic nitrogens is 2. The minimum atomic E-state index is 0.640. The van der Waals surface area contributed by atoms with Gasteiger partial charge in [-0.05, 0) is 43.3 Å². The largest absolute Gasteiger partial charge is 0.333 e. The maximum Gasteiger partial charge on any atom is 0.0948 e. The molecule has 4 nitrogen and oxygen atoms in total. The number of imidazole rings is 1. The lowest BCUT2D eigenvalue weighted by Gasteiger charge is -2.51. The molecule has 0 radical (unpaired) electrons. The fourth-order valence-electron chi connectivity index (χ4n) is 5.96. The molecule has 4 heteroatoms.